The Hall–Kier alpha value is 0. The third-order valence-corrected chi connectivity index (χ3v) is 4.13. The van der Waals surface area contributed by atoms with E-state index in [9.17, 15) is 0 Å². The van der Waals surface area contributed by atoms with Crippen LogP contribution in [-0.4, -0.2) is 0 Å². The second kappa shape index (κ2) is 13.4. The van der Waals surface area contributed by atoms with Crippen molar-refractivity contribution in [3.8, 4) is 0 Å². The average Bonchev–Trinajstić information content (AvgIpc) is 2.39. The molecule has 0 bridgehead atoms. The van der Waals surface area contributed by atoms with Gasteiger partial charge >= 0.3 is 0 Å². The standard InChI is InChI=1S/C18H34/c1-2-4-6-8-10-12-14-16-18-17-15-13-11-9-7-5-3-1/h1,18H,2-17H2. The van der Waals surface area contributed by atoms with Crippen molar-refractivity contribution in [1.29, 1.82) is 0 Å². The summed E-state index contributed by atoms with van der Waals surface area (Å²) >= 11 is 0. The Morgan fingerprint density at radius 3 is 0.778 bits per heavy atom. The van der Waals surface area contributed by atoms with E-state index < -0.39 is 0 Å². The minimum absolute atomic E-state index is 1.37. The fraction of sp³-hybridized carbons (Fsp3) is 0.889. The third kappa shape index (κ3) is 11.1. The Bertz CT molecular complexity index is 75.1. The Balaban J connectivity index is 2.00. The summed E-state index contributed by atoms with van der Waals surface area (Å²) in [5.41, 5.74) is 0. The molecule has 0 spiro atoms. The van der Waals surface area contributed by atoms with Gasteiger partial charge in [0.05, 0.1) is 0 Å². The van der Waals surface area contributed by atoms with Crippen LogP contribution in [0.15, 0.2) is 0 Å². The highest BCUT2D eigenvalue weighted by Gasteiger charge is 1.96. The van der Waals surface area contributed by atoms with Crippen molar-refractivity contribution < 1.29 is 0 Å². The van der Waals surface area contributed by atoms with Crippen LogP contribution in [0.25, 0.3) is 0 Å². The second-order valence-corrected chi connectivity index (χ2v) is 5.97. The van der Waals surface area contributed by atoms with Crippen molar-refractivity contribution in [2.24, 2.45) is 0 Å². The molecule has 106 valence electrons. The molecule has 0 N–H and O–H groups in total. The summed E-state index contributed by atoms with van der Waals surface area (Å²) in [6.07, 6.45) is 28.0. The maximum Gasteiger partial charge on any atom is -0.0386 e. The van der Waals surface area contributed by atoms with Crippen LogP contribution in [0.1, 0.15) is 103 Å². The van der Waals surface area contributed by atoms with Gasteiger partial charge < -0.3 is 0 Å². The molecular formula is C18H34. The van der Waals surface area contributed by atoms with Gasteiger partial charge in [0.1, 0.15) is 0 Å². The van der Waals surface area contributed by atoms with Crippen molar-refractivity contribution in [1.82, 2.24) is 0 Å². The van der Waals surface area contributed by atoms with Gasteiger partial charge in [-0.3, -0.25) is 0 Å². The molecule has 0 aromatic carbocycles. The predicted molar refractivity (Wildman–Crippen MR) is 82.5 cm³/mol. The summed E-state index contributed by atoms with van der Waals surface area (Å²) in [5.74, 6) is 0. The van der Waals surface area contributed by atoms with E-state index in [-0.39, 0.29) is 0 Å². The van der Waals surface area contributed by atoms with E-state index >= 15 is 0 Å². The molecule has 0 aromatic heterocycles. The normalized spacial score (nSPS) is 24.0. The van der Waals surface area contributed by atoms with Crippen molar-refractivity contribution >= 4 is 0 Å². The first-order chi connectivity index (χ1) is 9.00. The molecule has 1 aliphatic carbocycles. The van der Waals surface area contributed by atoms with Crippen LogP contribution in [0.5, 0.6) is 0 Å². The number of hydrogen-bond acceptors (Lipinski definition) is 0. The molecule has 0 heterocycles. The Morgan fingerprint density at radius 1 is 0.278 bits per heavy atom. The smallest absolute Gasteiger partial charge is 0.0386 e. The van der Waals surface area contributed by atoms with Gasteiger partial charge in [0.2, 0.25) is 0 Å². The largest absolute Gasteiger partial charge is 0.0533 e. The fourth-order valence-electron chi connectivity index (χ4n) is 2.86. The zero-order valence-corrected chi connectivity index (χ0v) is 12.5. The summed E-state index contributed by atoms with van der Waals surface area (Å²) in [7, 11) is 0. The van der Waals surface area contributed by atoms with Gasteiger partial charge in [-0.25, -0.2) is 0 Å². The van der Waals surface area contributed by atoms with Crippen molar-refractivity contribution in [3.63, 3.8) is 0 Å². The van der Waals surface area contributed by atoms with Crippen LogP contribution in [0, 0.1) is 12.8 Å². The highest BCUT2D eigenvalue weighted by molar-refractivity contribution is 4.67. The van der Waals surface area contributed by atoms with E-state index in [0.717, 1.165) is 0 Å². The Kier molecular flexibility index (Phi) is 12.0. The molecule has 0 saturated heterocycles. The molecule has 0 amide bonds. The van der Waals surface area contributed by atoms with Crippen LogP contribution in [0.2, 0.25) is 0 Å². The van der Waals surface area contributed by atoms with Gasteiger partial charge in [0.25, 0.3) is 0 Å². The molecule has 2 radical (unpaired) electrons. The lowest BCUT2D eigenvalue weighted by Crippen LogP contribution is -1.86. The van der Waals surface area contributed by atoms with Gasteiger partial charge in [-0.05, 0) is 12.8 Å². The van der Waals surface area contributed by atoms with Gasteiger partial charge in [-0.1, -0.05) is 103 Å². The highest BCUT2D eigenvalue weighted by Crippen LogP contribution is 2.15. The topological polar surface area (TPSA) is 0 Å². The second-order valence-electron chi connectivity index (χ2n) is 5.97. The first-order valence-electron chi connectivity index (χ1n) is 8.63. The Morgan fingerprint density at radius 2 is 0.500 bits per heavy atom. The molecule has 1 saturated carbocycles. The Labute approximate surface area is 116 Å². The van der Waals surface area contributed by atoms with Crippen molar-refractivity contribution in [2.75, 3.05) is 0 Å². The predicted octanol–water partition coefficient (Wildman–Crippen LogP) is 6.65. The molecule has 1 aliphatic rings. The van der Waals surface area contributed by atoms with E-state index in [2.05, 4.69) is 12.8 Å². The van der Waals surface area contributed by atoms with Gasteiger partial charge in [-0.2, -0.15) is 0 Å². The maximum atomic E-state index is 2.54. The van der Waals surface area contributed by atoms with Gasteiger partial charge in [-0.15, -0.1) is 0 Å². The SMILES string of the molecule is [CH]1CCCCCCCC[CH]CCCCCCCC1. The lowest BCUT2D eigenvalue weighted by molar-refractivity contribution is 0.555. The molecule has 0 atom stereocenters. The zero-order chi connectivity index (χ0) is 12.7. The van der Waals surface area contributed by atoms with Crippen LogP contribution in [0.4, 0.5) is 0 Å². The lowest BCUT2D eigenvalue weighted by Gasteiger charge is -2.05. The average molecular weight is 250 g/mol. The summed E-state index contributed by atoms with van der Waals surface area (Å²) < 4.78 is 0. The molecule has 1 rings (SSSR count). The molecule has 0 nitrogen and oxygen atoms in total. The minimum Gasteiger partial charge on any atom is -0.0533 e. The molecule has 0 heteroatoms. The molecule has 0 aliphatic heterocycles. The zero-order valence-electron chi connectivity index (χ0n) is 12.5. The van der Waals surface area contributed by atoms with Crippen LogP contribution in [-0.2, 0) is 0 Å². The van der Waals surface area contributed by atoms with Crippen molar-refractivity contribution in [3.05, 3.63) is 12.8 Å². The number of hydrogen-bond donors (Lipinski definition) is 0. The monoisotopic (exact) mass is 250 g/mol. The fourth-order valence-corrected chi connectivity index (χ4v) is 2.86. The summed E-state index contributed by atoms with van der Waals surface area (Å²) in [6, 6.07) is 0. The third-order valence-electron chi connectivity index (χ3n) is 4.13. The van der Waals surface area contributed by atoms with Crippen LogP contribution in [0.3, 0.4) is 0 Å². The van der Waals surface area contributed by atoms with E-state index in [4.69, 9.17) is 0 Å². The molecular weight excluding hydrogens is 216 g/mol. The van der Waals surface area contributed by atoms with Crippen LogP contribution >= 0.6 is 0 Å². The maximum absolute atomic E-state index is 2.54. The summed E-state index contributed by atoms with van der Waals surface area (Å²) in [4.78, 5) is 0. The first kappa shape index (κ1) is 16.1. The van der Waals surface area contributed by atoms with E-state index in [1.54, 1.807) is 0 Å². The van der Waals surface area contributed by atoms with Gasteiger partial charge in [0, 0.05) is 0 Å². The van der Waals surface area contributed by atoms with E-state index in [1.165, 1.54) is 103 Å². The lowest BCUT2D eigenvalue weighted by atomic mass is 10.0. The molecule has 1 fully saturated rings. The summed E-state index contributed by atoms with van der Waals surface area (Å²) in [5, 5.41) is 0. The summed E-state index contributed by atoms with van der Waals surface area (Å²) in [6.45, 7) is 0. The minimum atomic E-state index is 1.37. The van der Waals surface area contributed by atoms with Crippen molar-refractivity contribution in [2.45, 2.75) is 103 Å². The first-order valence-corrected chi connectivity index (χ1v) is 8.63. The number of rotatable bonds is 0. The van der Waals surface area contributed by atoms with Gasteiger partial charge in [0.15, 0.2) is 0 Å². The molecule has 0 aromatic rings. The quantitative estimate of drug-likeness (QED) is 0.451. The van der Waals surface area contributed by atoms with E-state index in [0.29, 0.717) is 0 Å². The van der Waals surface area contributed by atoms with Crippen LogP contribution < -0.4 is 0 Å². The van der Waals surface area contributed by atoms with E-state index in [1.807, 2.05) is 0 Å². The molecule has 18 heavy (non-hydrogen) atoms. The highest BCUT2D eigenvalue weighted by atomic mass is 14.0. The molecule has 0 unspecified atom stereocenters.